The third-order valence-electron chi connectivity index (χ3n) is 1.55. The molecule has 0 fully saturated rings. The Labute approximate surface area is 104 Å². The average Bonchev–Trinajstić information content (AvgIpc) is 2.63. The van der Waals surface area contributed by atoms with Gasteiger partial charge in [-0.25, -0.2) is 4.98 Å². The van der Waals surface area contributed by atoms with Crippen molar-refractivity contribution in [2.75, 3.05) is 0 Å². The Balaban J connectivity index is 1.95. The zero-order valence-electron chi connectivity index (χ0n) is 7.18. The van der Waals surface area contributed by atoms with E-state index in [4.69, 9.17) is 0 Å². The lowest BCUT2D eigenvalue weighted by Gasteiger charge is -1.96. The van der Waals surface area contributed by atoms with E-state index in [1.807, 2.05) is 18.2 Å². The normalized spacial score (nSPS) is 10.4. The Hall–Kier alpha value is -0.140. The highest BCUT2D eigenvalue weighted by atomic mass is 127. The standard InChI is InChI=1S/C9H7IN2S2/c10-9-11-8(12-14-9)6-13-7-4-2-1-3-5-7/h1-5H,6H2. The summed E-state index contributed by atoms with van der Waals surface area (Å²) in [5.41, 5.74) is 0. The highest BCUT2D eigenvalue weighted by Crippen LogP contribution is 2.21. The van der Waals surface area contributed by atoms with Crippen LogP contribution in [-0.2, 0) is 5.75 Å². The van der Waals surface area contributed by atoms with E-state index in [1.165, 1.54) is 16.4 Å². The maximum absolute atomic E-state index is 4.30. The summed E-state index contributed by atoms with van der Waals surface area (Å²) < 4.78 is 5.24. The van der Waals surface area contributed by atoms with Gasteiger partial charge in [-0.2, -0.15) is 4.37 Å². The predicted octanol–water partition coefficient (Wildman–Crippen LogP) is 3.44. The lowest BCUT2D eigenvalue weighted by molar-refractivity contribution is 1.12. The van der Waals surface area contributed by atoms with Gasteiger partial charge in [0.05, 0.1) is 5.75 Å². The third-order valence-corrected chi connectivity index (χ3v) is 3.94. The Morgan fingerprint density at radius 1 is 1.29 bits per heavy atom. The first-order valence-electron chi connectivity index (χ1n) is 4.00. The predicted molar refractivity (Wildman–Crippen MR) is 68.6 cm³/mol. The molecule has 0 saturated heterocycles. The lowest BCUT2D eigenvalue weighted by atomic mass is 10.4. The van der Waals surface area contributed by atoms with Crippen molar-refractivity contribution < 1.29 is 0 Å². The molecule has 2 rings (SSSR count). The summed E-state index contributed by atoms with van der Waals surface area (Å²) in [7, 11) is 0. The molecule has 72 valence electrons. The second kappa shape index (κ2) is 5.09. The first kappa shape index (κ1) is 10.4. The monoisotopic (exact) mass is 334 g/mol. The molecule has 0 bridgehead atoms. The minimum atomic E-state index is 0.851. The van der Waals surface area contributed by atoms with Crippen LogP contribution in [0, 0.1) is 3.01 Å². The average molecular weight is 334 g/mol. The molecule has 0 aliphatic heterocycles. The Bertz CT molecular complexity index is 402. The van der Waals surface area contributed by atoms with Crippen LogP contribution in [0.1, 0.15) is 5.82 Å². The molecule has 5 heteroatoms. The molecule has 0 spiro atoms. The van der Waals surface area contributed by atoms with E-state index in [1.54, 1.807) is 11.8 Å². The lowest BCUT2D eigenvalue weighted by Crippen LogP contribution is -1.83. The molecule has 1 aromatic heterocycles. The summed E-state index contributed by atoms with van der Waals surface area (Å²) in [5, 5.41) is 0. The second-order valence-corrected chi connectivity index (χ2v) is 6.12. The number of rotatable bonds is 3. The van der Waals surface area contributed by atoms with Crippen LogP contribution in [0.5, 0.6) is 0 Å². The molecule has 0 atom stereocenters. The summed E-state index contributed by atoms with van der Waals surface area (Å²) in [6.45, 7) is 0. The van der Waals surface area contributed by atoms with E-state index in [0.29, 0.717) is 0 Å². The Morgan fingerprint density at radius 2 is 2.07 bits per heavy atom. The van der Waals surface area contributed by atoms with Gasteiger partial charge in [0.15, 0.2) is 8.84 Å². The molecule has 0 amide bonds. The van der Waals surface area contributed by atoms with E-state index in [9.17, 15) is 0 Å². The largest absolute Gasteiger partial charge is 0.213 e. The van der Waals surface area contributed by atoms with E-state index >= 15 is 0 Å². The molecule has 14 heavy (non-hydrogen) atoms. The van der Waals surface area contributed by atoms with Gasteiger partial charge >= 0.3 is 0 Å². The van der Waals surface area contributed by atoms with Gasteiger partial charge < -0.3 is 0 Å². The number of benzene rings is 1. The van der Waals surface area contributed by atoms with Gasteiger partial charge in [-0.3, -0.25) is 0 Å². The van der Waals surface area contributed by atoms with Crippen LogP contribution < -0.4 is 0 Å². The van der Waals surface area contributed by atoms with Crippen LogP contribution in [0.15, 0.2) is 35.2 Å². The summed E-state index contributed by atoms with van der Waals surface area (Å²) in [5.74, 6) is 1.78. The molecular weight excluding hydrogens is 327 g/mol. The van der Waals surface area contributed by atoms with Crippen molar-refractivity contribution in [1.29, 1.82) is 0 Å². The molecule has 1 aromatic carbocycles. The van der Waals surface area contributed by atoms with Gasteiger partial charge in [-0.05, 0) is 46.3 Å². The zero-order chi connectivity index (χ0) is 9.80. The van der Waals surface area contributed by atoms with E-state index in [2.05, 4.69) is 44.1 Å². The van der Waals surface area contributed by atoms with Gasteiger partial charge in [-0.15, -0.1) is 11.8 Å². The van der Waals surface area contributed by atoms with Crippen LogP contribution in [0.25, 0.3) is 0 Å². The topological polar surface area (TPSA) is 25.8 Å². The SMILES string of the molecule is Ic1nc(CSc2ccccc2)ns1. The van der Waals surface area contributed by atoms with Crippen molar-refractivity contribution in [2.24, 2.45) is 0 Å². The van der Waals surface area contributed by atoms with E-state index in [-0.39, 0.29) is 0 Å². The van der Waals surface area contributed by atoms with Crippen molar-refractivity contribution in [3.63, 3.8) is 0 Å². The highest BCUT2D eigenvalue weighted by Gasteiger charge is 2.01. The minimum Gasteiger partial charge on any atom is -0.213 e. The summed E-state index contributed by atoms with van der Waals surface area (Å²) in [6, 6.07) is 10.3. The smallest absolute Gasteiger partial charge is 0.174 e. The highest BCUT2D eigenvalue weighted by molar-refractivity contribution is 14.1. The second-order valence-electron chi connectivity index (χ2n) is 2.57. The number of hydrogen-bond acceptors (Lipinski definition) is 4. The maximum Gasteiger partial charge on any atom is 0.174 e. The number of aromatic nitrogens is 2. The molecular formula is C9H7IN2S2. The Morgan fingerprint density at radius 3 is 2.71 bits per heavy atom. The molecule has 2 nitrogen and oxygen atoms in total. The summed E-state index contributed by atoms with van der Waals surface area (Å²) in [6.07, 6.45) is 0. The van der Waals surface area contributed by atoms with Crippen LogP contribution in [0.2, 0.25) is 0 Å². The number of halogens is 1. The van der Waals surface area contributed by atoms with E-state index < -0.39 is 0 Å². The van der Waals surface area contributed by atoms with Crippen molar-refractivity contribution in [2.45, 2.75) is 10.6 Å². The first-order chi connectivity index (χ1) is 6.84. The molecule has 1 heterocycles. The number of nitrogens with zero attached hydrogens (tertiary/aromatic N) is 2. The van der Waals surface area contributed by atoms with Gasteiger partial charge in [-0.1, -0.05) is 18.2 Å². The summed E-state index contributed by atoms with van der Waals surface area (Å²) >= 11 is 5.41. The van der Waals surface area contributed by atoms with Gasteiger partial charge in [0.1, 0.15) is 0 Å². The van der Waals surface area contributed by atoms with Gasteiger partial charge in [0.25, 0.3) is 0 Å². The van der Waals surface area contributed by atoms with Gasteiger partial charge in [0, 0.05) is 4.90 Å². The number of thioether (sulfide) groups is 1. The van der Waals surface area contributed by atoms with Crippen LogP contribution in [-0.4, -0.2) is 9.36 Å². The molecule has 0 N–H and O–H groups in total. The van der Waals surface area contributed by atoms with Crippen molar-refractivity contribution in [1.82, 2.24) is 9.36 Å². The Kier molecular flexibility index (Phi) is 3.77. The van der Waals surface area contributed by atoms with Gasteiger partial charge in [0.2, 0.25) is 0 Å². The number of hydrogen-bond donors (Lipinski definition) is 0. The van der Waals surface area contributed by atoms with Crippen molar-refractivity contribution in [3.05, 3.63) is 39.2 Å². The fraction of sp³-hybridized carbons (Fsp3) is 0.111. The molecule has 2 aromatic rings. The third kappa shape index (κ3) is 2.93. The first-order valence-corrected chi connectivity index (χ1v) is 6.84. The zero-order valence-corrected chi connectivity index (χ0v) is 11.0. The van der Waals surface area contributed by atoms with E-state index in [0.717, 1.165) is 14.6 Å². The van der Waals surface area contributed by atoms with Crippen molar-refractivity contribution >= 4 is 45.9 Å². The van der Waals surface area contributed by atoms with Crippen LogP contribution in [0.3, 0.4) is 0 Å². The fourth-order valence-electron chi connectivity index (χ4n) is 0.956. The molecule has 0 unspecified atom stereocenters. The van der Waals surface area contributed by atoms with Crippen LogP contribution >= 0.6 is 45.9 Å². The van der Waals surface area contributed by atoms with Crippen LogP contribution in [0.4, 0.5) is 0 Å². The summed E-state index contributed by atoms with van der Waals surface area (Å²) in [4.78, 5) is 5.56. The molecule has 0 aliphatic rings. The quantitative estimate of drug-likeness (QED) is 0.635. The minimum absolute atomic E-state index is 0.851. The molecule has 0 aliphatic carbocycles. The molecule has 0 saturated carbocycles. The molecule has 0 radical (unpaired) electrons. The fourth-order valence-corrected chi connectivity index (χ4v) is 2.82. The van der Waals surface area contributed by atoms with Crippen molar-refractivity contribution in [3.8, 4) is 0 Å². The maximum atomic E-state index is 4.30.